The topological polar surface area (TPSA) is 35.2 Å². The normalized spacial score (nSPS) is 12.4. The van der Waals surface area contributed by atoms with Gasteiger partial charge in [0.05, 0.1) is 5.69 Å². The first-order chi connectivity index (χ1) is 14.9. The number of nitrogen functional groups attached to an aromatic ring is 1. The summed E-state index contributed by atoms with van der Waals surface area (Å²) >= 11 is 0. The third-order valence-corrected chi connectivity index (χ3v) is 5.59. The molecule has 154 valence electrons. The number of nitrogens with two attached hydrogens (primary N) is 1. The number of alkyl halides is 3. The smallest absolute Gasteiger partial charge is 0.420 e. The molecule has 0 fully saturated rings. The molecule has 1 aliphatic rings. The van der Waals surface area contributed by atoms with E-state index in [-0.39, 0.29) is 11.4 Å². The highest BCUT2D eigenvalue weighted by Gasteiger charge is 2.35. The maximum Gasteiger partial charge on any atom is 0.420 e. The molecule has 0 saturated heterocycles. The summed E-state index contributed by atoms with van der Waals surface area (Å²) in [7, 11) is 0. The van der Waals surface area contributed by atoms with Crippen LogP contribution in [0.1, 0.15) is 16.7 Å². The van der Waals surface area contributed by atoms with Gasteiger partial charge in [-0.15, -0.1) is 0 Å². The van der Waals surface area contributed by atoms with E-state index in [1.54, 1.807) is 12.1 Å². The molecular weight excluding hydrogens is 399 g/mol. The zero-order valence-electron chi connectivity index (χ0n) is 16.4. The van der Waals surface area contributed by atoms with E-state index in [0.717, 1.165) is 23.6 Å². The average molecular weight is 417 g/mol. The van der Waals surface area contributed by atoms with Crippen LogP contribution >= 0.6 is 0 Å². The van der Waals surface area contributed by atoms with Crippen LogP contribution in [0.3, 0.4) is 0 Å². The lowest BCUT2D eigenvalue weighted by Gasteiger charge is -2.16. The first-order valence-corrected chi connectivity index (χ1v) is 9.86. The van der Waals surface area contributed by atoms with Gasteiger partial charge in [-0.1, -0.05) is 60.7 Å². The third-order valence-electron chi connectivity index (χ3n) is 5.59. The fourth-order valence-electron chi connectivity index (χ4n) is 4.14. The Balaban J connectivity index is 1.47. The standard InChI is InChI=1S/C26H18F3NO/c27-26(28,29)23-9-4-10-24(30)25(23)31-18-13-11-16(12-14-18)19-7-3-8-21-20-6-2-1-5-17(20)15-22(19)21/h1-14H,15,30H2. The Morgan fingerprint density at radius 3 is 2.16 bits per heavy atom. The van der Waals surface area contributed by atoms with Gasteiger partial charge in [-0.2, -0.15) is 13.2 Å². The van der Waals surface area contributed by atoms with E-state index in [4.69, 9.17) is 10.5 Å². The van der Waals surface area contributed by atoms with Crippen molar-refractivity contribution in [2.24, 2.45) is 0 Å². The highest BCUT2D eigenvalue weighted by molar-refractivity contribution is 5.84. The van der Waals surface area contributed by atoms with Crippen molar-refractivity contribution < 1.29 is 17.9 Å². The summed E-state index contributed by atoms with van der Waals surface area (Å²) in [6.07, 6.45) is -3.69. The van der Waals surface area contributed by atoms with Crippen molar-refractivity contribution in [3.63, 3.8) is 0 Å². The van der Waals surface area contributed by atoms with Crippen LogP contribution < -0.4 is 10.5 Å². The van der Waals surface area contributed by atoms with E-state index in [1.807, 2.05) is 30.3 Å². The molecule has 5 heteroatoms. The van der Waals surface area contributed by atoms with Gasteiger partial charge in [-0.25, -0.2) is 0 Å². The largest absolute Gasteiger partial charge is 0.455 e. The van der Waals surface area contributed by atoms with Crippen molar-refractivity contribution >= 4 is 5.69 Å². The summed E-state index contributed by atoms with van der Waals surface area (Å²) in [5, 5.41) is 0. The number of rotatable bonds is 3. The number of benzene rings is 4. The van der Waals surface area contributed by atoms with Crippen LogP contribution in [0.5, 0.6) is 11.5 Å². The van der Waals surface area contributed by atoms with E-state index in [0.29, 0.717) is 5.75 Å². The Kier molecular flexibility index (Phi) is 4.47. The van der Waals surface area contributed by atoms with E-state index in [2.05, 4.69) is 24.3 Å². The number of hydrogen-bond donors (Lipinski definition) is 1. The van der Waals surface area contributed by atoms with Crippen LogP contribution in [-0.2, 0) is 12.6 Å². The Bertz CT molecular complexity index is 1280. The first-order valence-electron chi connectivity index (χ1n) is 9.86. The summed E-state index contributed by atoms with van der Waals surface area (Å²) < 4.78 is 45.5. The van der Waals surface area contributed by atoms with Crippen LogP contribution in [0.4, 0.5) is 18.9 Å². The molecule has 0 amide bonds. The van der Waals surface area contributed by atoms with E-state index in [1.165, 1.54) is 34.4 Å². The van der Waals surface area contributed by atoms with Crippen molar-refractivity contribution in [2.75, 3.05) is 5.73 Å². The second-order valence-electron chi connectivity index (χ2n) is 7.51. The SMILES string of the molecule is Nc1cccc(C(F)(F)F)c1Oc1ccc(-c2cccc3c2Cc2ccccc2-3)cc1. The number of anilines is 1. The molecule has 2 N–H and O–H groups in total. The summed E-state index contributed by atoms with van der Waals surface area (Å²) in [6.45, 7) is 0. The predicted molar refractivity (Wildman–Crippen MR) is 116 cm³/mol. The lowest BCUT2D eigenvalue weighted by molar-refractivity contribution is -0.138. The monoisotopic (exact) mass is 417 g/mol. The van der Waals surface area contributed by atoms with Crippen LogP contribution in [-0.4, -0.2) is 0 Å². The van der Waals surface area contributed by atoms with Gasteiger partial charge in [0.1, 0.15) is 11.3 Å². The Morgan fingerprint density at radius 1 is 0.710 bits per heavy atom. The summed E-state index contributed by atoms with van der Waals surface area (Å²) in [5.74, 6) is -0.0817. The molecule has 4 aromatic rings. The molecule has 5 rings (SSSR count). The number of fused-ring (bicyclic) bond motifs is 3. The van der Waals surface area contributed by atoms with Crippen molar-refractivity contribution in [3.8, 4) is 33.8 Å². The highest BCUT2D eigenvalue weighted by Crippen LogP contribution is 2.43. The van der Waals surface area contributed by atoms with Crippen molar-refractivity contribution in [2.45, 2.75) is 12.6 Å². The highest BCUT2D eigenvalue weighted by atomic mass is 19.4. The van der Waals surface area contributed by atoms with E-state index in [9.17, 15) is 13.2 Å². The molecule has 0 spiro atoms. The van der Waals surface area contributed by atoms with Gasteiger partial charge in [0, 0.05) is 0 Å². The maximum absolute atomic E-state index is 13.3. The molecule has 1 aliphatic carbocycles. The van der Waals surface area contributed by atoms with Gasteiger partial charge in [0.15, 0.2) is 5.75 Å². The van der Waals surface area contributed by atoms with Gasteiger partial charge in [-0.05, 0) is 64.1 Å². The summed E-state index contributed by atoms with van der Waals surface area (Å²) in [6, 6.07) is 25.3. The summed E-state index contributed by atoms with van der Waals surface area (Å²) in [5.41, 5.74) is 11.9. The van der Waals surface area contributed by atoms with Crippen LogP contribution in [0.15, 0.2) is 84.9 Å². The van der Waals surface area contributed by atoms with Crippen molar-refractivity contribution in [3.05, 3.63) is 102 Å². The maximum atomic E-state index is 13.3. The molecule has 0 heterocycles. The van der Waals surface area contributed by atoms with E-state index >= 15 is 0 Å². The van der Waals surface area contributed by atoms with Crippen LogP contribution in [0, 0.1) is 0 Å². The van der Waals surface area contributed by atoms with E-state index < -0.39 is 11.7 Å². The first kappa shape index (κ1) is 19.2. The van der Waals surface area contributed by atoms with Crippen LogP contribution in [0.2, 0.25) is 0 Å². The molecule has 0 atom stereocenters. The van der Waals surface area contributed by atoms with Gasteiger partial charge in [0.2, 0.25) is 0 Å². The van der Waals surface area contributed by atoms with Gasteiger partial charge < -0.3 is 10.5 Å². The molecule has 2 nitrogen and oxygen atoms in total. The lowest BCUT2D eigenvalue weighted by atomic mass is 9.96. The molecule has 0 aliphatic heterocycles. The molecule has 4 aromatic carbocycles. The fourth-order valence-corrected chi connectivity index (χ4v) is 4.14. The molecular formula is C26H18F3NO. The minimum absolute atomic E-state index is 0.0578. The van der Waals surface area contributed by atoms with Gasteiger partial charge >= 0.3 is 6.18 Å². The van der Waals surface area contributed by atoms with Gasteiger partial charge in [-0.3, -0.25) is 0 Å². The molecule has 0 radical (unpaired) electrons. The second kappa shape index (κ2) is 7.20. The summed E-state index contributed by atoms with van der Waals surface area (Å²) in [4.78, 5) is 0. The zero-order valence-corrected chi connectivity index (χ0v) is 16.4. The molecule has 0 saturated carbocycles. The fraction of sp³-hybridized carbons (Fsp3) is 0.0769. The Labute approximate surface area is 177 Å². The number of para-hydroxylation sites is 1. The molecule has 0 aromatic heterocycles. The third kappa shape index (κ3) is 3.42. The number of ether oxygens (including phenoxy) is 1. The molecule has 0 unspecified atom stereocenters. The Hall–Kier alpha value is -3.73. The van der Waals surface area contributed by atoms with Crippen molar-refractivity contribution in [1.29, 1.82) is 0 Å². The quantitative estimate of drug-likeness (QED) is 0.312. The lowest BCUT2D eigenvalue weighted by Crippen LogP contribution is -2.08. The minimum atomic E-state index is -4.55. The Morgan fingerprint density at radius 2 is 1.39 bits per heavy atom. The number of hydrogen-bond acceptors (Lipinski definition) is 2. The van der Waals surface area contributed by atoms with Crippen LogP contribution in [0.25, 0.3) is 22.3 Å². The predicted octanol–water partition coefficient (Wildman–Crippen LogP) is 7.32. The molecule has 31 heavy (non-hydrogen) atoms. The van der Waals surface area contributed by atoms with Crippen molar-refractivity contribution in [1.82, 2.24) is 0 Å². The molecule has 0 bridgehead atoms. The number of halogens is 3. The van der Waals surface area contributed by atoms with Gasteiger partial charge in [0.25, 0.3) is 0 Å². The second-order valence-corrected chi connectivity index (χ2v) is 7.51. The average Bonchev–Trinajstić information content (AvgIpc) is 3.14. The minimum Gasteiger partial charge on any atom is -0.455 e. The zero-order chi connectivity index (χ0) is 21.6.